The number of hydrogen-bond donors (Lipinski definition) is 2. The largest absolute Gasteiger partial charge is 0.481 e. The van der Waals surface area contributed by atoms with Crippen LogP contribution in [0.25, 0.3) is 11.0 Å². The lowest BCUT2D eigenvalue weighted by Gasteiger charge is -2.45. The molecule has 0 saturated heterocycles. The number of rotatable bonds is 6. The Morgan fingerprint density at radius 1 is 1.12 bits per heavy atom. The van der Waals surface area contributed by atoms with Crippen molar-refractivity contribution < 1.29 is 9.90 Å². The van der Waals surface area contributed by atoms with Crippen molar-refractivity contribution in [2.45, 2.75) is 86.1 Å². The maximum Gasteiger partial charge on any atom is 0.307 e. The number of aromatic nitrogens is 2. The van der Waals surface area contributed by atoms with Crippen LogP contribution in [0.3, 0.4) is 0 Å². The molecule has 0 spiro atoms. The molecule has 0 amide bonds. The quantitative estimate of drug-likeness (QED) is 0.396. The van der Waals surface area contributed by atoms with Crippen molar-refractivity contribution >= 4 is 28.6 Å². The Hall–Kier alpha value is -2.82. The molecule has 4 rings (SSSR count). The summed E-state index contributed by atoms with van der Waals surface area (Å²) in [5, 5.41) is 13.0. The number of nitrogens with zero attached hydrogens (tertiary/aromatic N) is 2. The molecule has 1 aliphatic rings. The Bertz CT molecular complexity index is 1190. The summed E-state index contributed by atoms with van der Waals surface area (Å²) >= 11 is 0. The van der Waals surface area contributed by atoms with Crippen molar-refractivity contribution in [3.63, 3.8) is 0 Å². The number of anilines is 2. The molecule has 34 heavy (non-hydrogen) atoms. The van der Waals surface area contributed by atoms with Crippen LogP contribution >= 0.6 is 0 Å². The van der Waals surface area contributed by atoms with Gasteiger partial charge >= 0.3 is 5.97 Å². The Labute approximate surface area is 203 Å². The number of carbonyl (C=O) groups is 1. The molecule has 3 aromatic rings. The molecular weight excluding hydrogens is 422 g/mol. The van der Waals surface area contributed by atoms with Crippen molar-refractivity contribution in [3.8, 4) is 0 Å². The topological polar surface area (TPSA) is 67.2 Å². The minimum atomic E-state index is -0.818. The zero-order chi connectivity index (χ0) is 24.8. The number of aliphatic carboxylic acids is 1. The zero-order valence-corrected chi connectivity index (χ0v) is 21.7. The number of benzene rings is 2. The molecular formula is C29H39N3O2. The van der Waals surface area contributed by atoms with Crippen LogP contribution in [-0.4, -0.2) is 20.6 Å². The second-order valence-corrected chi connectivity index (χ2v) is 12.1. The van der Waals surface area contributed by atoms with Gasteiger partial charge in [0, 0.05) is 11.7 Å². The van der Waals surface area contributed by atoms with Crippen molar-refractivity contribution in [2.24, 2.45) is 10.8 Å². The van der Waals surface area contributed by atoms with Crippen LogP contribution in [0, 0.1) is 17.8 Å². The van der Waals surface area contributed by atoms with Gasteiger partial charge in [0.15, 0.2) is 0 Å². The number of aryl methyl sites for hydroxylation is 1. The monoisotopic (exact) mass is 461 g/mol. The van der Waals surface area contributed by atoms with Crippen LogP contribution in [0.15, 0.2) is 36.4 Å². The van der Waals surface area contributed by atoms with Crippen molar-refractivity contribution in [1.82, 2.24) is 9.55 Å². The summed E-state index contributed by atoms with van der Waals surface area (Å²) in [7, 11) is 0. The van der Waals surface area contributed by atoms with Gasteiger partial charge in [0.1, 0.15) is 0 Å². The summed E-state index contributed by atoms with van der Waals surface area (Å²) in [6.07, 6.45) is 3.37. The van der Waals surface area contributed by atoms with Crippen molar-refractivity contribution in [1.29, 1.82) is 0 Å². The summed E-state index contributed by atoms with van der Waals surface area (Å²) in [4.78, 5) is 16.4. The van der Waals surface area contributed by atoms with Gasteiger partial charge in [0.05, 0.1) is 17.5 Å². The SMILES string of the molecule is Cc1cc2c(cc1CC(=O)O)nc(Nc1ccc(C(C)C)cc1)n2C1CC(C)(C)CC(C)(C)C1. The van der Waals surface area contributed by atoms with Gasteiger partial charge in [-0.25, -0.2) is 4.98 Å². The van der Waals surface area contributed by atoms with Gasteiger partial charge in [-0.3, -0.25) is 4.79 Å². The predicted octanol–water partition coefficient (Wildman–Crippen LogP) is 7.62. The van der Waals surface area contributed by atoms with Crippen molar-refractivity contribution in [2.75, 3.05) is 5.32 Å². The number of nitrogens with one attached hydrogen (secondary N) is 1. The molecule has 1 saturated carbocycles. The van der Waals surface area contributed by atoms with Crippen LogP contribution in [0.4, 0.5) is 11.6 Å². The lowest BCUT2D eigenvalue weighted by Crippen LogP contribution is -2.35. The lowest BCUT2D eigenvalue weighted by atomic mass is 9.63. The van der Waals surface area contributed by atoms with E-state index in [9.17, 15) is 9.90 Å². The lowest BCUT2D eigenvalue weighted by molar-refractivity contribution is -0.136. The molecule has 0 unspecified atom stereocenters. The zero-order valence-electron chi connectivity index (χ0n) is 21.7. The number of carboxylic acids is 1. The van der Waals surface area contributed by atoms with E-state index in [-0.39, 0.29) is 17.3 Å². The summed E-state index contributed by atoms with van der Waals surface area (Å²) in [6.45, 7) is 15.9. The molecule has 5 nitrogen and oxygen atoms in total. The van der Waals surface area contributed by atoms with E-state index in [4.69, 9.17) is 4.98 Å². The van der Waals surface area contributed by atoms with Crippen LogP contribution in [0.1, 0.15) is 89.5 Å². The number of carboxylic acid groups (broad SMARTS) is 1. The Balaban J connectivity index is 1.83. The summed E-state index contributed by atoms with van der Waals surface area (Å²) in [6, 6.07) is 13.0. The number of imidazole rings is 1. The minimum absolute atomic E-state index is 0.0115. The third-order valence-electron chi connectivity index (χ3n) is 7.22. The van der Waals surface area contributed by atoms with E-state index < -0.39 is 5.97 Å². The fourth-order valence-corrected chi connectivity index (χ4v) is 6.15. The van der Waals surface area contributed by atoms with Crippen LogP contribution in [0.2, 0.25) is 0 Å². The molecule has 1 fully saturated rings. The highest BCUT2D eigenvalue weighted by atomic mass is 16.4. The summed E-state index contributed by atoms with van der Waals surface area (Å²) < 4.78 is 2.38. The fraction of sp³-hybridized carbons (Fsp3) is 0.517. The van der Waals surface area contributed by atoms with E-state index in [0.717, 1.165) is 46.6 Å². The molecule has 2 aromatic carbocycles. The Morgan fingerprint density at radius 3 is 2.29 bits per heavy atom. The van der Waals surface area contributed by atoms with Gasteiger partial charge in [-0.2, -0.15) is 0 Å². The summed E-state index contributed by atoms with van der Waals surface area (Å²) in [5.41, 5.74) is 6.53. The molecule has 5 heteroatoms. The Morgan fingerprint density at radius 2 is 1.74 bits per heavy atom. The van der Waals surface area contributed by atoms with E-state index in [0.29, 0.717) is 12.0 Å². The highest BCUT2D eigenvalue weighted by Gasteiger charge is 2.40. The molecule has 0 aliphatic heterocycles. The van der Waals surface area contributed by atoms with E-state index in [2.05, 4.69) is 81.8 Å². The predicted molar refractivity (Wildman–Crippen MR) is 140 cm³/mol. The third-order valence-corrected chi connectivity index (χ3v) is 7.22. The van der Waals surface area contributed by atoms with Gasteiger partial charge < -0.3 is 15.0 Å². The first kappa shape index (κ1) is 24.3. The third kappa shape index (κ3) is 5.13. The van der Waals surface area contributed by atoms with Crippen LogP contribution < -0.4 is 5.32 Å². The molecule has 0 bridgehead atoms. The van der Waals surface area contributed by atoms with Crippen LogP contribution in [0.5, 0.6) is 0 Å². The average Bonchev–Trinajstić information content (AvgIpc) is 3.02. The number of fused-ring (bicyclic) bond motifs is 1. The normalized spacial score (nSPS) is 17.9. The second kappa shape index (κ2) is 8.75. The molecule has 182 valence electrons. The van der Waals surface area contributed by atoms with Gasteiger partial charge in [0.25, 0.3) is 0 Å². The minimum Gasteiger partial charge on any atom is -0.481 e. The average molecular weight is 462 g/mol. The van der Waals surface area contributed by atoms with Gasteiger partial charge in [-0.15, -0.1) is 0 Å². The highest BCUT2D eigenvalue weighted by Crippen LogP contribution is 2.51. The van der Waals surface area contributed by atoms with Crippen molar-refractivity contribution in [3.05, 3.63) is 53.1 Å². The fourth-order valence-electron chi connectivity index (χ4n) is 6.15. The first-order chi connectivity index (χ1) is 15.8. The molecule has 1 heterocycles. The smallest absolute Gasteiger partial charge is 0.307 e. The second-order valence-electron chi connectivity index (χ2n) is 12.1. The Kier molecular flexibility index (Phi) is 6.26. The number of hydrogen-bond acceptors (Lipinski definition) is 3. The van der Waals surface area contributed by atoms with Gasteiger partial charge in [-0.1, -0.05) is 53.7 Å². The van der Waals surface area contributed by atoms with E-state index >= 15 is 0 Å². The molecule has 2 N–H and O–H groups in total. The molecule has 0 atom stereocenters. The maximum absolute atomic E-state index is 11.4. The standard InChI is InChI=1S/C29H39N3O2/c1-18(2)20-8-10-22(11-9-20)30-27-31-24-13-21(14-26(33)34)19(3)12-25(24)32(27)23-15-28(4,5)17-29(6,7)16-23/h8-13,18,23H,14-17H2,1-7H3,(H,30,31)(H,33,34). The molecule has 0 radical (unpaired) electrons. The molecule has 1 aromatic heterocycles. The van der Waals surface area contributed by atoms with Gasteiger partial charge in [-0.05, 0) is 83.9 Å². The van der Waals surface area contributed by atoms with E-state index in [1.165, 1.54) is 12.0 Å². The van der Waals surface area contributed by atoms with Gasteiger partial charge in [0.2, 0.25) is 5.95 Å². The van der Waals surface area contributed by atoms with Crippen LogP contribution in [-0.2, 0) is 11.2 Å². The highest BCUT2D eigenvalue weighted by molar-refractivity contribution is 5.83. The first-order valence-corrected chi connectivity index (χ1v) is 12.4. The van der Waals surface area contributed by atoms with E-state index in [1.807, 2.05) is 13.0 Å². The maximum atomic E-state index is 11.4. The summed E-state index contributed by atoms with van der Waals surface area (Å²) in [5.74, 6) is 0.500. The first-order valence-electron chi connectivity index (χ1n) is 12.4. The molecule has 1 aliphatic carbocycles. The van der Waals surface area contributed by atoms with E-state index in [1.54, 1.807) is 0 Å².